The van der Waals surface area contributed by atoms with Crippen molar-refractivity contribution in [3.05, 3.63) is 0 Å². The first-order valence-electron chi connectivity index (χ1n) is 6.75. The average Bonchev–Trinajstić information content (AvgIpc) is 2.47. The summed E-state index contributed by atoms with van der Waals surface area (Å²) in [4.78, 5) is 5.18. The molecule has 0 saturated carbocycles. The highest BCUT2D eigenvalue weighted by Gasteiger charge is 2.35. The molecule has 2 N–H and O–H groups in total. The highest BCUT2D eigenvalue weighted by atomic mass is 15.3. The molecule has 3 heteroatoms. The topological polar surface area (TPSA) is 32.5 Å². The lowest BCUT2D eigenvalue weighted by Crippen LogP contribution is -2.49. The van der Waals surface area contributed by atoms with Gasteiger partial charge in [-0.2, -0.15) is 0 Å². The van der Waals surface area contributed by atoms with Gasteiger partial charge in [-0.05, 0) is 46.2 Å². The molecule has 16 heavy (non-hydrogen) atoms. The minimum Gasteiger partial charge on any atom is -0.324 e. The fourth-order valence-corrected chi connectivity index (χ4v) is 3.15. The van der Waals surface area contributed by atoms with Gasteiger partial charge in [0.25, 0.3) is 0 Å². The van der Waals surface area contributed by atoms with Crippen molar-refractivity contribution in [1.29, 1.82) is 0 Å². The highest BCUT2D eigenvalue weighted by Crippen LogP contribution is 2.28. The molecule has 0 aromatic rings. The monoisotopic (exact) mass is 225 g/mol. The van der Waals surface area contributed by atoms with Crippen molar-refractivity contribution in [2.45, 2.75) is 57.2 Å². The largest absolute Gasteiger partial charge is 0.324 e. The number of nitrogens with zero attached hydrogens (tertiary/aromatic N) is 2. The van der Waals surface area contributed by atoms with Crippen LogP contribution >= 0.6 is 0 Å². The summed E-state index contributed by atoms with van der Waals surface area (Å²) in [5.41, 5.74) is 6.26. The molecule has 0 aromatic carbocycles. The fourth-order valence-electron chi connectivity index (χ4n) is 3.15. The van der Waals surface area contributed by atoms with E-state index in [0.29, 0.717) is 0 Å². The maximum atomic E-state index is 6.28. The van der Waals surface area contributed by atoms with Gasteiger partial charge in [0.15, 0.2) is 0 Å². The summed E-state index contributed by atoms with van der Waals surface area (Å²) in [5, 5.41) is 0. The molecule has 3 unspecified atom stereocenters. The number of fused-ring (bicyclic) bond motifs is 2. The third-order valence-electron chi connectivity index (χ3n) is 4.63. The minimum atomic E-state index is -0.0118. The molecule has 3 atom stereocenters. The zero-order valence-electron chi connectivity index (χ0n) is 11.1. The van der Waals surface area contributed by atoms with Crippen LogP contribution in [0.5, 0.6) is 0 Å². The first kappa shape index (κ1) is 12.3. The van der Waals surface area contributed by atoms with Gasteiger partial charge in [0.1, 0.15) is 0 Å². The zero-order valence-corrected chi connectivity index (χ0v) is 11.1. The Balaban J connectivity index is 1.94. The van der Waals surface area contributed by atoms with E-state index in [0.717, 1.165) is 25.0 Å². The Labute approximate surface area is 100.0 Å². The van der Waals surface area contributed by atoms with Crippen LogP contribution in [0.15, 0.2) is 0 Å². The average molecular weight is 225 g/mol. The Hall–Kier alpha value is -0.120. The first-order valence-corrected chi connectivity index (χ1v) is 6.75. The van der Waals surface area contributed by atoms with Gasteiger partial charge in [0.05, 0.1) is 0 Å². The molecule has 2 aliphatic heterocycles. The maximum absolute atomic E-state index is 6.28. The Kier molecular flexibility index (Phi) is 3.57. The van der Waals surface area contributed by atoms with E-state index in [1.807, 2.05) is 0 Å². The maximum Gasteiger partial charge on any atom is 0.0252 e. The number of rotatable bonds is 3. The summed E-state index contributed by atoms with van der Waals surface area (Å²) in [6.45, 7) is 7.88. The van der Waals surface area contributed by atoms with Gasteiger partial charge in [0.2, 0.25) is 0 Å². The summed E-state index contributed by atoms with van der Waals surface area (Å²) < 4.78 is 0. The zero-order chi connectivity index (χ0) is 11.8. The van der Waals surface area contributed by atoms with E-state index in [2.05, 4.69) is 30.7 Å². The molecule has 94 valence electrons. The molecule has 2 heterocycles. The first-order chi connectivity index (χ1) is 7.52. The molecule has 0 aliphatic carbocycles. The Morgan fingerprint density at radius 1 is 1.25 bits per heavy atom. The van der Waals surface area contributed by atoms with Crippen LogP contribution in [-0.2, 0) is 0 Å². The number of hydrogen-bond donors (Lipinski definition) is 1. The molecule has 2 fully saturated rings. The standard InChI is InChI=1S/C13H27N3/c1-4-13(2,14)10-16-8-7-11-5-6-12(9-16)15(11)3/h11-12H,4-10,14H2,1-3H3. The van der Waals surface area contributed by atoms with E-state index in [1.165, 1.54) is 32.4 Å². The lowest BCUT2D eigenvalue weighted by atomic mass is 9.98. The van der Waals surface area contributed by atoms with Gasteiger partial charge in [-0.25, -0.2) is 0 Å². The smallest absolute Gasteiger partial charge is 0.0252 e. The van der Waals surface area contributed by atoms with E-state index < -0.39 is 0 Å². The van der Waals surface area contributed by atoms with E-state index in [4.69, 9.17) is 5.73 Å². The second kappa shape index (κ2) is 4.63. The van der Waals surface area contributed by atoms with Crippen LogP contribution in [0.3, 0.4) is 0 Å². The third kappa shape index (κ3) is 2.58. The van der Waals surface area contributed by atoms with Crippen LogP contribution in [0.25, 0.3) is 0 Å². The van der Waals surface area contributed by atoms with Crippen molar-refractivity contribution in [2.24, 2.45) is 5.73 Å². The molecule has 0 aromatic heterocycles. The predicted molar refractivity (Wildman–Crippen MR) is 68.5 cm³/mol. The second-order valence-corrected chi connectivity index (χ2v) is 6.08. The van der Waals surface area contributed by atoms with Gasteiger partial charge < -0.3 is 5.73 Å². The lowest BCUT2D eigenvalue weighted by Gasteiger charge is -2.33. The molecule has 3 nitrogen and oxygen atoms in total. The van der Waals surface area contributed by atoms with Gasteiger partial charge in [-0.15, -0.1) is 0 Å². The van der Waals surface area contributed by atoms with Gasteiger partial charge in [-0.1, -0.05) is 6.92 Å². The van der Waals surface area contributed by atoms with Crippen molar-refractivity contribution in [3.8, 4) is 0 Å². The SMILES string of the molecule is CCC(C)(N)CN1CCC2CCC(C1)N2C. The molecule has 2 saturated heterocycles. The molecule has 0 amide bonds. The van der Waals surface area contributed by atoms with Crippen molar-refractivity contribution in [2.75, 3.05) is 26.7 Å². The van der Waals surface area contributed by atoms with Crippen LogP contribution in [0.1, 0.15) is 39.5 Å². The lowest BCUT2D eigenvalue weighted by molar-refractivity contribution is 0.187. The van der Waals surface area contributed by atoms with E-state index >= 15 is 0 Å². The quantitative estimate of drug-likeness (QED) is 0.785. The van der Waals surface area contributed by atoms with E-state index in [1.54, 1.807) is 0 Å². The number of nitrogens with two attached hydrogens (primary N) is 1. The van der Waals surface area contributed by atoms with Crippen LogP contribution in [0.4, 0.5) is 0 Å². The number of hydrogen-bond acceptors (Lipinski definition) is 3. The molecular weight excluding hydrogens is 198 g/mol. The van der Waals surface area contributed by atoms with E-state index in [-0.39, 0.29) is 5.54 Å². The molecule has 0 radical (unpaired) electrons. The third-order valence-corrected chi connectivity index (χ3v) is 4.63. The molecule has 2 aliphatic rings. The molecule has 2 bridgehead atoms. The van der Waals surface area contributed by atoms with Gasteiger partial charge in [0, 0.05) is 30.7 Å². The molecule has 2 rings (SSSR count). The summed E-state index contributed by atoms with van der Waals surface area (Å²) in [5.74, 6) is 0. The minimum absolute atomic E-state index is 0.0118. The summed E-state index contributed by atoms with van der Waals surface area (Å²) >= 11 is 0. The van der Waals surface area contributed by atoms with E-state index in [9.17, 15) is 0 Å². The molecular formula is C13H27N3. The van der Waals surface area contributed by atoms with Crippen LogP contribution in [0, 0.1) is 0 Å². The summed E-state index contributed by atoms with van der Waals surface area (Å²) in [6, 6.07) is 1.61. The second-order valence-electron chi connectivity index (χ2n) is 6.08. The normalized spacial score (nSPS) is 36.0. The van der Waals surface area contributed by atoms with Crippen molar-refractivity contribution in [3.63, 3.8) is 0 Å². The summed E-state index contributed by atoms with van der Waals surface area (Å²) in [6.07, 6.45) is 5.17. The Morgan fingerprint density at radius 2 is 1.94 bits per heavy atom. The van der Waals surface area contributed by atoms with Crippen LogP contribution < -0.4 is 5.73 Å². The Morgan fingerprint density at radius 3 is 2.62 bits per heavy atom. The Bertz CT molecular complexity index is 239. The molecule has 0 spiro atoms. The van der Waals surface area contributed by atoms with Crippen molar-refractivity contribution < 1.29 is 0 Å². The van der Waals surface area contributed by atoms with Gasteiger partial charge >= 0.3 is 0 Å². The van der Waals surface area contributed by atoms with Crippen LogP contribution in [0.2, 0.25) is 0 Å². The van der Waals surface area contributed by atoms with Crippen molar-refractivity contribution >= 4 is 0 Å². The van der Waals surface area contributed by atoms with Crippen molar-refractivity contribution in [1.82, 2.24) is 9.80 Å². The number of likely N-dealkylation sites (tertiary alicyclic amines) is 1. The van der Waals surface area contributed by atoms with Crippen LogP contribution in [-0.4, -0.2) is 54.1 Å². The predicted octanol–water partition coefficient (Wildman–Crippen LogP) is 1.28. The number of likely N-dealkylation sites (N-methyl/N-ethyl adjacent to an activating group) is 1. The summed E-state index contributed by atoms with van der Waals surface area (Å²) in [7, 11) is 2.30. The highest BCUT2D eigenvalue weighted by molar-refractivity contribution is 4.93. The fraction of sp³-hybridized carbons (Fsp3) is 1.00. The van der Waals surface area contributed by atoms with Gasteiger partial charge in [-0.3, -0.25) is 9.80 Å².